The zero-order valence-electron chi connectivity index (χ0n) is 13.7. The average Bonchev–Trinajstić information content (AvgIpc) is 3.15. The van der Waals surface area contributed by atoms with Gasteiger partial charge in [-0.2, -0.15) is 0 Å². The Morgan fingerprint density at radius 1 is 1.08 bits per heavy atom. The number of anilines is 2. The molecule has 0 atom stereocenters. The Hall–Kier alpha value is -2.43. The summed E-state index contributed by atoms with van der Waals surface area (Å²) >= 11 is 0. The Kier molecular flexibility index (Phi) is 4.15. The second-order valence-electron chi connectivity index (χ2n) is 6.57. The topological polar surface area (TPSA) is 66.9 Å². The van der Waals surface area contributed by atoms with Gasteiger partial charge in [0.2, 0.25) is 11.6 Å². The number of rotatable bonds is 4. The fraction of sp³-hybridized carbons (Fsp3) is 0.421. The van der Waals surface area contributed by atoms with Crippen molar-refractivity contribution in [3.63, 3.8) is 0 Å². The Labute approximate surface area is 141 Å². The summed E-state index contributed by atoms with van der Waals surface area (Å²) in [6.45, 7) is 0.932. The lowest BCUT2D eigenvalue weighted by Gasteiger charge is -2.23. The number of aryl methyl sites for hydroxylation is 1. The molecule has 4 rings (SSSR count). The molecule has 5 nitrogen and oxygen atoms in total. The monoisotopic (exact) mass is 322 g/mol. The first-order chi connectivity index (χ1) is 11.8. The maximum absolute atomic E-state index is 12.7. The van der Waals surface area contributed by atoms with E-state index in [9.17, 15) is 4.79 Å². The normalized spacial score (nSPS) is 17.2. The van der Waals surface area contributed by atoms with E-state index in [1.807, 2.05) is 30.3 Å². The van der Waals surface area contributed by atoms with Crippen LogP contribution in [0.4, 0.5) is 11.5 Å². The largest absolute Gasteiger partial charge is 0.381 e. The van der Waals surface area contributed by atoms with E-state index in [-0.39, 0.29) is 5.78 Å². The number of aromatic nitrogens is 2. The van der Waals surface area contributed by atoms with Gasteiger partial charge in [0.1, 0.15) is 0 Å². The second kappa shape index (κ2) is 6.59. The maximum Gasteiger partial charge on any atom is 0.230 e. The number of nitrogens with one attached hydrogen (secondary N) is 2. The van der Waals surface area contributed by atoms with Gasteiger partial charge < -0.3 is 10.6 Å². The molecule has 2 aromatic rings. The summed E-state index contributed by atoms with van der Waals surface area (Å²) in [6.07, 6.45) is 6.77. The fourth-order valence-electron chi connectivity index (χ4n) is 3.53. The smallest absolute Gasteiger partial charge is 0.230 e. The minimum Gasteiger partial charge on any atom is -0.381 e. The molecule has 5 heteroatoms. The van der Waals surface area contributed by atoms with E-state index in [0.29, 0.717) is 17.4 Å². The molecule has 24 heavy (non-hydrogen) atoms. The molecule has 0 saturated heterocycles. The molecule has 0 unspecified atom stereocenters. The van der Waals surface area contributed by atoms with Crippen LogP contribution in [0.15, 0.2) is 30.3 Å². The van der Waals surface area contributed by atoms with Crippen molar-refractivity contribution >= 4 is 17.3 Å². The number of carbonyl (C=O) groups excluding carboxylic acids is 1. The number of benzene rings is 1. The Morgan fingerprint density at radius 2 is 1.88 bits per heavy atom. The Balaban J connectivity index is 1.70. The van der Waals surface area contributed by atoms with Gasteiger partial charge in [-0.05, 0) is 25.7 Å². The molecule has 124 valence electrons. The highest BCUT2D eigenvalue weighted by atomic mass is 16.1. The van der Waals surface area contributed by atoms with Gasteiger partial charge in [-0.1, -0.05) is 43.2 Å². The van der Waals surface area contributed by atoms with E-state index in [0.717, 1.165) is 36.6 Å². The lowest BCUT2D eigenvalue weighted by Crippen LogP contribution is -2.23. The van der Waals surface area contributed by atoms with E-state index in [1.54, 1.807) is 0 Å². The summed E-state index contributed by atoms with van der Waals surface area (Å²) in [7, 11) is 0. The quantitative estimate of drug-likeness (QED) is 0.844. The molecular formula is C19H22N4O. The van der Waals surface area contributed by atoms with Crippen LogP contribution in [0, 0.1) is 0 Å². The minimum atomic E-state index is -0.113. The van der Waals surface area contributed by atoms with Gasteiger partial charge in [0.25, 0.3) is 0 Å². The molecule has 0 radical (unpaired) electrons. The highest BCUT2D eigenvalue weighted by Gasteiger charge is 2.24. The van der Waals surface area contributed by atoms with Crippen molar-refractivity contribution in [3.05, 3.63) is 47.4 Å². The lowest BCUT2D eigenvalue weighted by atomic mass is 10.1. The van der Waals surface area contributed by atoms with Gasteiger partial charge in [-0.3, -0.25) is 4.79 Å². The highest BCUT2D eigenvalue weighted by molar-refractivity contribution is 6.06. The van der Waals surface area contributed by atoms with E-state index >= 15 is 0 Å². The molecule has 2 N–H and O–H groups in total. The first-order valence-corrected chi connectivity index (χ1v) is 8.82. The van der Waals surface area contributed by atoms with Crippen LogP contribution in [0.2, 0.25) is 0 Å². The third-order valence-electron chi connectivity index (χ3n) is 4.81. The van der Waals surface area contributed by atoms with E-state index in [4.69, 9.17) is 0 Å². The van der Waals surface area contributed by atoms with E-state index < -0.39 is 0 Å². The summed E-state index contributed by atoms with van der Waals surface area (Å²) in [4.78, 5) is 21.9. The van der Waals surface area contributed by atoms with Crippen LogP contribution in [0.1, 0.15) is 54.0 Å². The van der Waals surface area contributed by atoms with Gasteiger partial charge in [-0.25, -0.2) is 9.97 Å². The van der Waals surface area contributed by atoms with Crippen molar-refractivity contribution in [2.45, 2.75) is 44.6 Å². The van der Waals surface area contributed by atoms with Crippen LogP contribution in [0.3, 0.4) is 0 Å². The predicted octanol–water partition coefficient (Wildman–Crippen LogP) is 3.42. The zero-order valence-corrected chi connectivity index (χ0v) is 13.7. The van der Waals surface area contributed by atoms with Gasteiger partial charge in [-0.15, -0.1) is 0 Å². The molecule has 1 saturated carbocycles. The molecule has 1 fully saturated rings. The molecule has 2 heterocycles. The number of hydrogen-bond donors (Lipinski definition) is 2. The summed E-state index contributed by atoms with van der Waals surface area (Å²) in [5.74, 6) is 0.980. The lowest BCUT2D eigenvalue weighted by molar-refractivity contribution is 0.102. The molecule has 1 aromatic carbocycles. The third-order valence-corrected chi connectivity index (χ3v) is 4.81. The maximum atomic E-state index is 12.7. The first kappa shape index (κ1) is 15.1. The van der Waals surface area contributed by atoms with Crippen molar-refractivity contribution < 1.29 is 4.79 Å². The van der Waals surface area contributed by atoms with Crippen molar-refractivity contribution in [2.75, 3.05) is 17.2 Å². The van der Waals surface area contributed by atoms with Crippen LogP contribution in [-0.4, -0.2) is 28.3 Å². The Morgan fingerprint density at radius 3 is 2.67 bits per heavy atom. The number of ketones is 1. The minimum absolute atomic E-state index is 0.113. The number of nitrogens with zero attached hydrogens (tertiary/aromatic N) is 2. The van der Waals surface area contributed by atoms with Crippen LogP contribution < -0.4 is 10.6 Å². The first-order valence-electron chi connectivity index (χ1n) is 8.82. The van der Waals surface area contributed by atoms with Crippen LogP contribution in [0.5, 0.6) is 0 Å². The summed E-state index contributed by atoms with van der Waals surface area (Å²) < 4.78 is 0. The molecule has 1 aliphatic heterocycles. The van der Waals surface area contributed by atoms with Crippen molar-refractivity contribution in [2.24, 2.45) is 0 Å². The van der Waals surface area contributed by atoms with Crippen LogP contribution in [-0.2, 0) is 6.42 Å². The fourth-order valence-corrected chi connectivity index (χ4v) is 3.53. The molecule has 2 aliphatic rings. The molecule has 0 amide bonds. The summed E-state index contributed by atoms with van der Waals surface area (Å²) in [5, 5.41) is 6.96. The molecule has 1 aromatic heterocycles. The van der Waals surface area contributed by atoms with Crippen molar-refractivity contribution in [1.82, 2.24) is 9.97 Å². The van der Waals surface area contributed by atoms with Crippen LogP contribution >= 0.6 is 0 Å². The van der Waals surface area contributed by atoms with E-state index in [2.05, 4.69) is 20.6 Å². The standard InChI is InChI=1S/C19H22N4O/c24-17(13-7-2-1-3-8-13)19-22-15-11-6-12-20-16(15)18(23-19)21-14-9-4-5-10-14/h1-3,7-8,14,20H,4-6,9-12H2,(H,21,22,23). The second-order valence-corrected chi connectivity index (χ2v) is 6.57. The summed E-state index contributed by atoms with van der Waals surface area (Å²) in [6, 6.07) is 9.71. The van der Waals surface area contributed by atoms with Crippen LogP contribution in [0.25, 0.3) is 0 Å². The number of hydrogen-bond acceptors (Lipinski definition) is 5. The summed E-state index contributed by atoms with van der Waals surface area (Å²) in [5.41, 5.74) is 2.57. The third kappa shape index (κ3) is 2.98. The SMILES string of the molecule is O=C(c1ccccc1)c1nc2c(c(NC3CCCC3)n1)NCCC2. The van der Waals surface area contributed by atoms with Gasteiger partial charge in [0.15, 0.2) is 5.82 Å². The van der Waals surface area contributed by atoms with Crippen molar-refractivity contribution in [1.29, 1.82) is 0 Å². The molecule has 1 aliphatic carbocycles. The van der Waals surface area contributed by atoms with Gasteiger partial charge in [0.05, 0.1) is 11.4 Å². The molecule has 0 bridgehead atoms. The zero-order chi connectivity index (χ0) is 16.4. The Bertz CT molecular complexity index is 739. The molecular weight excluding hydrogens is 300 g/mol. The number of fused-ring (bicyclic) bond motifs is 1. The van der Waals surface area contributed by atoms with E-state index in [1.165, 1.54) is 25.7 Å². The molecule has 0 spiro atoms. The highest BCUT2D eigenvalue weighted by Crippen LogP contribution is 2.31. The van der Waals surface area contributed by atoms with Crippen molar-refractivity contribution in [3.8, 4) is 0 Å². The number of carbonyl (C=O) groups is 1. The average molecular weight is 322 g/mol. The van der Waals surface area contributed by atoms with Gasteiger partial charge in [0, 0.05) is 18.2 Å². The predicted molar refractivity (Wildman–Crippen MR) is 94.6 cm³/mol. The van der Waals surface area contributed by atoms with Gasteiger partial charge >= 0.3 is 0 Å².